The summed E-state index contributed by atoms with van der Waals surface area (Å²) in [6, 6.07) is 0.934. The SMILES string of the molecule is Cn1ccnc1CN1CCN(C(=O)NC[C@H]2CCN(C3CCCC3)C2)CC1. The summed E-state index contributed by atoms with van der Waals surface area (Å²) in [5.74, 6) is 1.71. The molecule has 150 valence electrons. The number of nitrogens with zero attached hydrogens (tertiary/aromatic N) is 5. The molecule has 0 radical (unpaired) electrons. The van der Waals surface area contributed by atoms with Crippen LogP contribution in [0.15, 0.2) is 12.4 Å². The molecule has 1 aliphatic carbocycles. The van der Waals surface area contributed by atoms with Crippen molar-refractivity contribution in [2.24, 2.45) is 13.0 Å². The van der Waals surface area contributed by atoms with Crippen LogP contribution in [0.1, 0.15) is 37.9 Å². The van der Waals surface area contributed by atoms with Gasteiger partial charge in [0.25, 0.3) is 0 Å². The lowest BCUT2D eigenvalue weighted by Crippen LogP contribution is -2.52. The highest BCUT2D eigenvalue weighted by Gasteiger charge is 2.30. The fraction of sp³-hybridized carbons (Fsp3) is 0.800. The summed E-state index contributed by atoms with van der Waals surface area (Å²) >= 11 is 0. The maximum Gasteiger partial charge on any atom is 0.317 e. The number of hydrogen-bond acceptors (Lipinski definition) is 4. The third-order valence-electron chi connectivity index (χ3n) is 6.65. The van der Waals surface area contributed by atoms with Gasteiger partial charge in [-0.05, 0) is 31.7 Å². The molecule has 3 fully saturated rings. The van der Waals surface area contributed by atoms with Crippen molar-refractivity contribution in [2.75, 3.05) is 45.8 Å². The number of likely N-dealkylation sites (tertiary alicyclic amines) is 1. The van der Waals surface area contributed by atoms with Crippen molar-refractivity contribution >= 4 is 6.03 Å². The zero-order chi connectivity index (χ0) is 18.6. The number of aryl methyl sites for hydroxylation is 1. The molecule has 1 aromatic heterocycles. The molecule has 3 aliphatic rings. The van der Waals surface area contributed by atoms with E-state index in [0.29, 0.717) is 5.92 Å². The van der Waals surface area contributed by atoms with Gasteiger partial charge in [-0.25, -0.2) is 9.78 Å². The number of hydrogen-bond donors (Lipinski definition) is 1. The lowest BCUT2D eigenvalue weighted by molar-refractivity contribution is 0.132. The molecule has 0 aromatic carbocycles. The monoisotopic (exact) mass is 374 g/mol. The summed E-state index contributed by atoms with van der Waals surface area (Å²) in [7, 11) is 2.03. The molecule has 2 aliphatic heterocycles. The van der Waals surface area contributed by atoms with Crippen LogP contribution in [-0.4, -0.2) is 82.1 Å². The van der Waals surface area contributed by atoms with E-state index in [1.165, 1.54) is 45.2 Å². The molecule has 7 nitrogen and oxygen atoms in total. The van der Waals surface area contributed by atoms with Crippen LogP contribution in [0.25, 0.3) is 0 Å². The number of carbonyl (C=O) groups is 1. The quantitative estimate of drug-likeness (QED) is 0.849. The Labute approximate surface area is 162 Å². The van der Waals surface area contributed by atoms with E-state index in [1.807, 2.05) is 24.3 Å². The average Bonchev–Trinajstić information content (AvgIpc) is 3.43. The minimum absolute atomic E-state index is 0.117. The molecule has 1 saturated carbocycles. The third kappa shape index (κ3) is 4.63. The lowest BCUT2D eigenvalue weighted by Gasteiger charge is -2.34. The highest BCUT2D eigenvalue weighted by molar-refractivity contribution is 5.74. The van der Waals surface area contributed by atoms with E-state index in [1.54, 1.807) is 0 Å². The van der Waals surface area contributed by atoms with Gasteiger partial charge in [-0.3, -0.25) is 4.90 Å². The largest absolute Gasteiger partial charge is 0.338 e. The van der Waals surface area contributed by atoms with Crippen molar-refractivity contribution in [3.8, 4) is 0 Å². The summed E-state index contributed by atoms with van der Waals surface area (Å²) in [4.78, 5) is 23.9. The van der Waals surface area contributed by atoms with Gasteiger partial charge in [-0.15, -0.1) is 0 Å². The lowest BCUT2D eigenvalue weighted by atomic mass is 10.1. The molecule has 1 atom stereocenters. The number of rotatable bonds is 5. The van der Waals surface area contributed by atoms with Crippen LogP contribution in [0.4, 0.5) is 4.79 Å². The van der Waals surface area contributed by atoms with Crippen molar-refractivity contribution in [3.05, 3.63) is 18.2 Å². The first-order valence-corrected chi connectivity index (χ1v) is 10.6. The summed E-state index contributed by atoms with van der Waals surface area (Å²) in [5.41, 5.74) is 0. The van der Waals surface area contributed by atoms with Crippen LogP contribution < -0.4 is 5.32 Å². The fourth-order valence-corrected chi connectivity index (χ4v) is 4.83. The topological polar surface area (TPSA) is 56.6 Å². The summed E-state index contributed by atoms with van der Waals surface area (Å²) < 4.78 is 2.07. The standard InChI is InChI=1S/C20H34N6O/c1-23-9-7-21-19(23)16-24-10-12-25(13-11-24)20(27)22-14-17-6-8-26(15-17)18-4-2-3-5-18/h7,9,17-18H,2-6,8,10-16H2,1H3,(H,22,27)/t17-/m1/s1. The van der Waals surface area contributed by atoms with Crippen LogP contribution in [0, 0.1) is 5.92 Å². The number of amides is 2. The molecule has 27 heavy (non-hydrogen) atoms. The van der Waals surface area contributed by atoms with Gasteiger partial charge in [0.05, 0.1) is 6.54 Å². The van der Waals surface area contributed by atoms with Gasteiger partial charge in [0.2, 0.25) is 0 Å². The minimum atomic E-state index is 0.117. The van der Waals surface area contributed by atoms with Crippen LogP contribution in [0.2, 0.25) is 0 Å². The molecular formula is C20H34N6O. The average molecular weight is 375 g/mol. The Morgan fingerprint density at radius 3 is 2.63 bits per heavy atom. The van der Waals surface area contributed by atoms with Crippen molar-refractivity contribution in [3.63, 3.8) is 0 Å². The minimum Gasteiger partial charge on any atom is -0.338 e. The van der Waals surface area contributed by atoms with E-state index in [4.69, 9.17) is 0 Å². The number of imidazole rings is 1. The highest BCUT2D eigenvalue weighted by Crippen LogP contribution is 2.28. The van der Waals surface area contributed by atoms with E-state index in [-0.39, 0.29) is 6.03 Å². The Kier molecular flexibility index (Phi) is 5.98. The van der Waals surface area contributed by atoms with Crippen LogP contribution in [-0.2, 0) is 13.6 Å². The Morgan fingerprint density at radius 2 is 1.93 bits per heavy atom. The van der Waals surface area contributed by atoms with E-state index in [0.717, 1.165) is 51.1 Å². The second-order valence-corrected chi connectivity index (χ2v) is 8.49. The highest BCUT2D eigenvalue weighted by atomic mass is 16.2. The zero-order valence-electron chi connectivity index (χ0n) is 16.6. The molecule has 1 aromatic rings. The summed E-state index contributed by atoms with van der Waals surface area (Å²) in [5, 5.41) is 3.20. The fourth-order valence-electron chi connectivity index (χ4n) is 4.83. The van der Waals surface area contributed by atoms with Crippen LogP contribution in [0.5, 0.6) is 0 Å². The second-order valence-electron chi connectivity index (χ2n) is 8.49. The van der Waals surface area contributed by atoms with E-state index in [2.05, 4.69) is 24.7 Å². The van der Waals surface area contributed by atoms with E-state index in [9.17, 15) is 4.79 Å². The van der Waals surface area contributed by atoms with Gasteiger partial charge in [-0.1, -0.05) is 12.8 Å². The van der Waals surface area contributed by atoms with Crippen LogP contribution in [0.3, 0.4) is 0 Å². The predicted molar refractivity (Wildman–Crippen MR) is 105 cm³/mol. The molecule has 1 N–H and O–H groups in total. The molecule has 4 rings (SSSR count). The zero-order valence-corrected chi connectivity index (χ0v) is 16.6. The van der Waals surface area contributed by atoms with E-state index < -0.39 is 0 Å². The molecule has 3 heterocycles. The summed E-state index contributed by atoms with van der Waals surface area (Å²) in [6.45, 7) is 7.51. The number of urea groups is 1. The molecule has 2 amide bonds. The maximum absolute atomic E-state index is 12.5. The van der Waals surface area contributed by atoms with Crippen molar-refractivity contribution < 1.29 is 4.79 Å². The second kappa shape index (κ2) is 8.61. The smallest absolute Gasteiger partial charge is 0.317 e. The van der Waals surface area contributed by atoms with Crippen molar-refractivity contribution in [1.29, 1.82) is 0 Å². The van der Waals surface area contributed by atoms with Crippen molar-refractivity contribution in [1.82, 2.24) is 29.6 Å². The number of piperazine rings is 1. The van der Waals surface area contributed by atoms with Crippen LogP contribution >= 0.6 is 0 Å². The first kappa shape index (κ1) is 18.7. The Morgan fingerprint density at radius 1 is 1.15 bits per heavy atom. The van der Waals surface area contributed by atoms with Gasteiger partial charge in [0.15, 0.2) is 0 Å². The molecular weight excluding hydrogens is 340 g/mol. The normalized spacial score (nSPS) is 25.4. The molecule has 7 heteroatoms. The van der Waals surface area contributed by atoms with Gasteiger partial charge in [0, 0.05) is 64.8 Å². The third-order valence-corrected chi connectivity index (χ3v) is 6.65. The molecule has 0 bridgehead atoms. The Hall–Kier alpha value is -1.60. The van der Waals surface area contributed by atoms with Gasteiger partial charge >= 0.3 is 6.03 Å². The number of nitrogens with one attached hydrogen (secondary N) is 1. The van der Waals surface area contributed by atoms with Gasteiger partial charge < -0.3 is 19.7 Å². The summed E-state index contributed by atoms with van der Waals surface area (Å²) in [6.07, 6.45) is 10.6. The number of aromatic nitrogens is 2. The molecule has 0 spiro atoms. The first-order chi connectivity index (χ1) is 13.2. The maximum atomic E-state index is 12.5. The Bertz CT molecular complexity index is 618. The molecule has 0 unspecified atom stereocenters. The van der Waals surface area contributed by atoms with Gasteiger partial charge in [-0.2, -0.15) is 0 Å². The van der Waals surface area contributed by atoms with E-state index >= 15 is 0 Å². The Balaban J connectivity index is 1.15. The molecule has 2 saturated heterocycles. The number of carbonyl (C=O) groups excluding carboxylic acids is 1. The predicted octanol–water partition coefficient (Wildman–Crippen LogP) is 1.51. The first-order valence-electron chi connectivity index (χ1n) is 10.6. The van der Waals surface area contributed by atoms with Gasteiger partial charge in [0.1, 0.15) is 5.82 Å². The van der Waals surface area contributed by atoms with Crippen molar-refractivity contribution in [2.45, 2.75) is 44.7 Å².